The van der Waals surface area contributed by atoms with Crippen LogP contribution in [0.5, 0.6) is 0 Å². The normalized spacial score (nSPS) is 14.8. The molecule has 1 nitrogen and oxygen atoms in total. The molecule has 0 spiro atoms. The smallest absolute Gasteiger partial charge is 0.179 e. The van der Waals surface area contributed by atoms with E-state index in [0.717, 1.165) is 0 Å². The molecular weight excluding hydrogens is 192 g/mol. The van der Waals surface area contributed by atoms with Crippen molar-refractivity contribution in [3.05, 3.63) is 0 Å². The first-order chi connectivity index (χ1) is 5.52. The molecule has 0 aromatic rings. The van der Waals surface area contributed by atoms with Crippen molar-refractivity contribution in [2.45, 2.75) is 65.0 Å². The highest BCUT2D eigenvalue weighted by Crippen LogP contribution is 2.41. The second kappa shape index (κ2) is 3.87. The van der Waals surface area contributed by atoms with Crippen LogP contribution in [0.25, 0.3) is 0 Å². The van der Waals surface area contributed by atoms with Gasteiger partial charge in [-0.1, -0.05) is 27.2 Å². The van der Waals surface area contributed by atoms with Crippen molar-refractivity contribution in [1.29, 1.82) is 0 Å². The largest absolute Gasteiger partial charge is 0.455 e. The maximum absolute atomic E-state index is 6.36. The quantitative estimate of drug-likeness (QED) is 0.642. The first-order valence-electron chi connectivity index (χ1n) is 5.22. The molecule has 0 saturated carbocycles. The highest BCUT2D eigenvalue weighted by atomic mass is 28.4. The summed E-state index contributed by atoms with van der Waals surface area (Å²) in [5.74, 6) is 0. The maximum Gasteiger partial charge on any atom is 0.179 e. The van der Waals surface area contributed by atoms with Crippen molar-refractivity contribution >= 4 is 16.6 Å². The molecule has 0 radical (unpaired) electrons. The van der Waals surface area contributed by atoms with Gasteiger partial charge in [-0.05, 0) is 37.8 Å². The van der Waals surface area contributed by atoms with E-state index in [2.05, 4.69) is 53.5 Å². The van der Waals surface area contributed by atoms with Crippen LogP contribution in [-0.4, -0.2) is 16.6 Å². The molecule has 0 heterocycles. The zero-order valence-electron chi connectivity index (χ0n) is 10.6. The van der Waals surface area contributed by atoms with E-state index in [1.807, 2.05) is 0 Å². The third kappa shape index (κ3) is 3.96. The molecule has 0 aromatic heterocycles. The molecular formula is C10H26OSi2. The fourth-order valence-corrected chi connectivity index (χ4v) is 9.41. The van der Waals surface area contributed by atoms with E-state index < -0.39 is 16.6 Å². The van der Waals surface area contributed by atoms with Crippen molar-refractivity contribution in [1.82, 2.24) is 0 Å². The zero-order valence-corrected chi connectivity index (χ0v) is 12.6. The number of hydrogen-bond acceptors (Lipinski definition) is 1. The lowest BCUT2D eigenvalue weighted by molar-refractivity contribution is 0.466. The van der Waals surface area contributed by atoms with Gasteiger partial charge in [0, 0.05) is 0 Å². The Hall–Kier alpha value is 0.394. The highest BCUT2D eigenvalue weighted by Gasteiger charge is 2.42. The number of rotatable bonds is 4. The molecule has 0 N–H and O–H groups in total. The van der Waals surface area contributed by atoms with Crippen LogP contribution in [0.4, 0.5) is 0 Å². The summed E-state index contributed by atoms with van der Waals surface area (Å²) < 4.78 is 6.36. The SMILES string of the molecule is CCC(C)(C)[Si](C)(C)O[Si](C)(C)C. The topological polar surface area (TPSA) is 9.23 Å². The highest BCUT2D eigenvalue weighted by molar-refractivity contribution is 6.85. The molecule has 0 bridgehead atoms. The molecule has 0 aliphatic rings. The van der Waals surface area contributed by atoms with E-state index in [9.17, 15) is 0 Å². The van der Waals surface area contributed by atoms with Gasteiger partial charge in [-0.3, -0.25) is 0 Å². The fourth-order valence-electron chi connectivity index (χ4n) is 1.33. The van der Waals surface area contributed by atoms with E-state index in [0.29, 0.717) is 5.04 Å². The average Bonchev–Trinajstić information content (AvgIpc) is 1.81. The molecule has 0 amide bonds. The molecule has 0 saturated heterocycles. The summed E-state index contributed by atoms with van der Waals surface area (Å²) in [7, 11) is -2.86. The van der Waals surface area contributed by atoms with Gasteiger partial charge >= 0.3 is 0 Å². The summed E-state index contributed by atoms with van der Waals surface area (Å²) in [6.07, 6.45) is 1.22. The summed E-state index contributed by atoms with van der Waals surface area (Å²) in [5, 5.41) is 0.396. The Bertz CT molecular complexity index is 168. The van der Waals surface area contributed by atoms with Crippen LogP contribution in [-0.2, 0) is 4.12 Å². The molecule has 80 valence electrons. The van der Waals surface area contributed by atoms with Crippen LogP contribution in [0.3, 0.4) is 0 Å². The average molecular weight is 218 g/mol. The predicted molar refractivity (Wildman–Crippen MR) is 66.2 cm³/mol. The van der Waals surface area contributed by atoms with Gasteiger partial charge in [0.15, 0.2) is 16.6 Å². The van der Waals surface area contributed by atoms with Crippen LogP contribution < -0.4 is 0 Å². The molecule has 0 fully saturated rings. The van der Waals surface area contributed by atoms with Crippen molar-refractivity contribution in [2.24, 2.45) is 0 Å². The minimum atomic E-state index is -1.50. The van der Waals surface area contributed by atoms with Crippen LogP contribution in [0.2, 0.25) is 37.8 Å². The Morgan fingerprint density at radius 1 is 1.00 bits per heavy atom. The van der Waals surface area contributed by atoms with Gasteiger partial charge in [-0.2, -0.15) is 0 Å². The molecule has 0 unspecified atom stereocenters. The predicted octanol–water partition coefficient (Wildman–Crippen LogP) is 4.23. The minimum Gasteiger partial charge on any atom is -0.455 e. The Balaban J connectivity index is 4.58. The van der Waals surface area contributed by atoms with Gasteiger partial charge in [-0.15, -0.1) is 0 Å². The summed E-state index contributed by atoms with van der Waals surface area (Å²) in [5.41, 5.74) is 0. The van der Waals surface area contributed by atoms with Gasteiger partial charge in [0.05, 0.1) is 0 Å². The summed E-state index contributed by atoms with van der Waals surface area (Å²) in [6.45, 7) is 18.5. The number of hydrogen-bond donors (Lipinski definition) is 0. The van der Waals surface area contributed by atoms with Gasteiger partial charge in [0.1, 0.15) is 0 Å². The fraction of sp³-hybridized carbons (Fsp3) is 1.00. The van der Waals surface area contributed by atoms with E-state index in [1.165, 1.54) is 6.42 Å². The molecule has 0 aromatic carbocycles. The monoisotopic (exact) mass is 218 g/mol. The third-order valence-corrected chi connectivity index (χ3v) is 11.2. The van der Waals surface area contributed by atoms with Gasteiger partial charge in [0.25, 0.3) is 0 Å². The van der Waals surface area contributed by atoms with Crippen molar-refractivity contribution in [3.8, 4) is 0 Å². The van der Waals surface area contributed by atoms with Gasteiger partial charge in [-0.25, -0.2) is 0 Å². The van der Waals surface area contributed by atoms with Gasteiger partial charge < -0.3 is 4.12 Å². The van der Waals surface area contributed by atoms with E-state index in [1.54, 1.807) is 0 Å². The van der Waals surface area contributed by atoms with Crippen molar-refractivity contribution in [3.63, 3.8) is 0 Å². The first kappa shape index (κ1) is 13.4. The van der Waals surface area contributed by atoms with Crippen LogP contribution >= 0.6 is 0 Å². The summed E-state index contributed by atoms with van der Waals surface area (Å²) in [4.78, 5) is 0. The second-order valence-electron chi connectivity index (χ2n) is 5.96. The molecule has 13 heavy (non-hydrogen) atoms. The maximum atomic E-state index is 6.36. The molecule has 0 aliphatic heterocycles. The lowest BCUT2D eigenvalue weighted by atomic mass is 10.1. The molecule has 0 rings (SSSR count). The van der Waals surface area contributed by atoms with E-state index >= 15 is 0 Å². The lowest BCUT2D eigenvalue weighted by Crippen LogP contribution is -2.49. The summed E-state index contributed by atoms with van der Waals surface area (Å²) in [6, 6.07) is 0. The zero-order chi connectivity index (χ0) is 10.9. The van der Waals surface area contributed by atoms with E-state index in [-0.39, 0.29) is 0 Å². The molecule has 0 aliphatic carbocycles. The Kier molecular flexibility index (Phi) is 3.99. The van der Waals surface area contributed by atoms with Crippen molar-refractivity contribution in [2.75, 3.05) is 0 Å². The lowest BCUT2D eigenvalue weighted by Gasteiger charge is -2.43. The first-order valence-corrected chi connectivity index (χ1v) is 11.5. The second-order valence-corrected chi connectivity index (χ2v) is 15.4. The molecule has 3 heteroatoms. The van der Waals surface area contributed by atoms with Crippen LogP contribution in [0.1, 0.15) is 27.2 Å². The Morgan fingerprint density at radius 3 is 1.62 bits per heavy atom. The summed E-state index contributed by atoms with van der Waals surface area (Å²) >= 11 is 0. The Labute approximate surface area is 86.1 Å². The standard InChI is InChI=1S/C10H26OSi2/c1-9-10(2,3)13(7,8)11-12(4,5)6/h9H2,1-8H3. The molecule has 0 atom stereocenters. The minimum absolute atomic E-state index is 0.396. The van der Waals surface area contributed by atoms with Crippen LogP contribution in [0, 0.1) is 0 Å². The Morgan fingerprint density at radius 2 is 1.38 bits per heavy atom. The van der Waals surface area contributed by atoms with Crippen LogP contribution in [0.15, 0.2) is 0 Å². The van der Waals surface area contributed by atoms with Gasteiger partial charge in [0.2, 0.25) is 0 Å². The third-order valence-electron chi connectivity index (χ3n) is 3.08. The van der Waals surface area contributed by atoms with E-state index in [4.69, 9.17) is 4.12 Å². The van der Waals surface area contributed by atoms with Crippen molar-refractivity contribution < 1.29 is 4.12 Å².